The molecule has 0 bridgehead atoms. The highest BCUT2D eigenvalue weighted by molar-refractivity contribution is 9.10. The van der Waals surface area contributed by atoms with Crippen molar-refractivity contribution in [2.75, 3.05) is 6.54 Å². The van der Waals surface area contributed by atoms with E-state index in [9.17, 15) is 13.2 Å². The zero-order valence-electron chi connectivity index (χ0n) is 9.78. The summed E-state index contributed by atoms with van der Waals surface area (Å²) < 4.78 is 40.2. The topological polar surface area (TPSA) is 43.8 Å². The molecule has 2 aromatic rings. The van der Waals surface area contributed by atoms with Crippen LogP contribution in [0.3, 0.4) is 0 Å². The zero-order chi connectivity index (χ0) is 14.0. The number of hydrogen-bond acceptors (Lipinski definition) is 2. The third-order valence-electron chi connectivity index (χ3n) is 2.65. The van der Waals surface area contributed by atoms with Gasteiger partial charge in [-0.25, -0.2) is 4.98 Å². The maximum absolute atomic E-state index is 12.8. The number of benzene rings is 1. The van der Waals surface area contributed by atoms with Crippen LogP contribution in [0.2, 0.25) is 0 Å². The quantitative estimate of drug-likeness (QED) is 0.937. The molecule has 0 unspecified atom stereocenters. The van der Waals surface area contributed by atoms with Gasteiger partial charge in [-0.3, -0.25) is 0 Å². The van der Waals surface area contributed by atoms with Crippen molar-refractivity contribution in [1.29, 1.82) is 0 Å². The minimum Gasteiger partial charge on any atom is -0.330 e. The van der Waals surface area contributed by atoms with Crippen molar-refractivity contribution in [1.82, 2.24) is 9.55 Å². The average molecular weight is 334 g/mol. The van der Waals surface area contributed by atoms with Gasteiger partial charge in [0.25, 0.3) is 0 Å². The van der Waals surface area contributed by atoms with E-state index in [0.29, 0.717) is 18.7 Å². The summed E-state index contributed by atoms with van der Waals surface area (Å²) in [4.78, 5) is 3.95. The molecule has 19 heavy (non-hydrogen) atoms. The standard InChI is InChI=1S/C12H11BrF3N3/c13-11-2-1-8(5-10(11)12(14,15)16)19-7-18-6-9(19)3-4-17/h1-2,5-7H,3-4,17H2. The lowest BCUT2D eigenvalue weighted by Crippen LogP contribution is -2.10. The Morgan fingerprint density at radius 3 is 2.68 bits per heavy atom. The first-order valence-electron chi connectivity index (χ1n) is 5.52. The van der Waals surface area contributed by atoms with Gasteiger partial charge in [0.05, 0.1) is 11.9 Å². The monoisotopic (exact) mass is 333 g/mol. The van der Waals surface area contributed by atoms with Gasteiger partial charge in [0, 0.05) is 28.5 Å². The Morgan fingerprint density at radius 2 is 2.05 bits per heavy atom. The number of aromatic nitrogens is 2. The Morgan fingerprint density at radius 1 is 1.32 bits per heavy atom. The molecule has 3 nitrogen and oxygen atoms in total. The lowest BCUT2D eigenvalue weighted by molar-refractivity contribution is -0.138. The van der Waals surface area contributed by atoms with E-state index >= 15 is 0 Å². The summed E-state index contributed by atoms with van der Waals surface area (Å²) in [5.74, 6) is 0. The van der Waals surface area contributed by atoms with Crippen LogP contribution in [-0.4, -0.2) is 16.1 Å². The molecule has 0 spiro atoms. The van der Waals surface area contributed by atoms with E-state index in [-0.39, 0.29) is 4.47 Å². The van der Waals surface area contributed by atoms with Gasteiger partial charge in [-0.1, -0.05) is 15.9 Å². The van der Waals surface area contributed by atoms with E-state index in [2.05, 4.69) is 20.9 Å². The van der Waals surface area contributed by atoms with Crippen LogP contribution in [0.1, 0.15) is 11.3 Å². The van der Waals surface area contributed by atoms with Crippen LogP contribution in [0, 0.1) is 0 Å². The average Bonchev–Trinajstić information content (AvgIpc) is 2.77. The number of nitrogens with two attached hydrogens (primary N) is 1. The van der Waals surface area contributed by atoms with Crippen LogP contribution in [-0.2, 0) is 12.6 Å². The highest BCUT2D eigenvalue weighted by Gasteiger charge is 2.33. The third-order valence-corrected chi connectivity index (χ3v) is 3.34. The van der Waals surface area contributed by atoms with Crippen molar-refractivity contribution >= 4 is 15.9 Å². The molecule has 1 aromatic heterocycles. The molecular formula is C12H11BrF3N3. The maximum atomic E-state index is 12.8. The molecule has 0 radical (unpaired) electrons. The van der Waals surface area contributed by atoms with Gasteiger partial charge < -0.3 is 10.3 Å². The smallest absolute Gasteiger partial charge is 0.330 e. The van der Waals surface area contributed by atoms with E-state index < -0.39 is 11.7 Å². The molecule has 2 N–H and O–H groups in total. The Bertz CT molecular complexity index is 578. The van der Waals surface area contributed by atoms with Gasteiger partial charge in [-0.05, 0) is 24.7 Å². The normalized spacial score (nSPS) is 11.8. The van der Waals surface area contributed by atoms with Gasteiger partial charge in [0.1, 0.15) is 0 Å². The van der Waals surface area contributed by atoms with Crippen molar-refractivity contribution in [2.24, 2.45) is 5.73 Å². The summed E-state index contributed by atoms with van der Waals surface area (Å²) in [6.45, 7) is 0.411. The summed E-state index contributed by atoms with van der Waals surface area (Å²) in [5, 5.41) is 0. The molecule has 0 aliphatic heterocycles. The number of nitrogens with zero attached hydrogens (tertiary/aromatic N) is 2. The summed E-state index contributed by atoms with van der Waals surface area (Å²) in [7, 11) is 0. The zero-order valence-corrected chi connectivity index (χ0v) is 11.4. The van der Waals surface area contributed by atoms with Gasteiger partial charge in [-0.2, -0.15) is 13.2 Å². The molecule has 0 aliphatic rings. The van der Waals surface area contributed by atoms with Gasteiger partial charge in [0.15, 0.2) is 0 Å². The minimum atomic E-state index is -4.40. The molecule has 102 valence electrons. The fourth-order valence-corrected chi connectivity index (χ4v) is 2.24. The predicted octanol–water partition coefficient (Wildman–Crippen LogP) is 3.15. The Kier molecular flexibility index (Phi) is 3.96. The molecule has 0 saturated heterocycles. The molecule has 2 rings (SSSR count). The fraction of sp³-hybridized carbons (Fsp3) is 0.250. The number of imidazole rings is 1. The molecule has 7 heteroatoms. The van der Waals surface area contributed by atoms with E-state index in [4.69, 9.17) is 5.73 Å². The van der Waals surface area contributed by atoms with E-state index in [1.165, 1.54) is 12.4 Å². The molecule has 1 heterocycles. The van der Waals surface area contributed by atoms with Crippen LogP contribution in [0.25, 0.3) is 5.69 Å². The molecule has 0 fully saturated rings. The van der Waals surface area contributed by atoms with Crippen LogP contribution in [0.15, 0.2) is 35.2 Å². The van der Waals surface area contributed by atoms with Gasteiger partial charge >= 0.3 is 6.18 Å². The highest BCUT2D eigenvalue weighted by Crippen LogP contribution is 2.36. The van der Waals surface area contributed by atoms with Gasteiger partial charge in [0.2, 0.25) is 0 Å². The van der Waals surface area contributed by atoms with Crippen LogP contribution >= 0.6 is 15.9 Å². The first-order chi connectivity index (χ1) is 8.93. The SMILES string of the molecule is NCCc1cncn1-c1ccc(Br)c(C(F)(F)F)c1. The number of halogens is 4. The molecule has 0 atom stereocenters. The lowest BCUT2D eigenvalue weighted by Gasteiger charge is -2.13. The number of hydrogen-bond donors (Lipinski definition) is 1. The summed E-state index contributed by atoms with van der Waals surface area (Å²) >= 11 is 2.91. The first-order valence-corrected chi connectivity index (χ1v) is 6.31. The van der Waals surface area contributed by atoms with Crippen molar-refractivity contribution in [2.45, 2.75) is 12.6 Å². The largest absolute Gasteiger partial charge is 0.417 e. The number of rotatable bonds is 3. The van der Waals surface area contributed by atoms with Crippen molar-refractivity contribution < 1.29 is 13.2 Å². The molecule has 1 aromatic carbocycles. The van der Waals surface area contributed by atoms with E-state index in [1.807, 2.05) is 0 Å². The molecular weight excluding hydrogens is 323 g/mol. The fourth-order valence-electron chi connectivity index (χ4n) is 1.77. The first kappa shape index (κ1) is 14.1. The van der Waals surface area contributed by atoms with Crippen molar-refractivity contribution in [3.05, 3.63) is 46.5 Å². The van der Waals surface area contributed by atoms with Crippen LogP contribution in [0.5, 0.6) is 0 Å². The third kappa shape index (κ3) is 2.98. The van der Waals surface area contributed by atoms with Crippen LogP contribution in [0.4, 0.5) is 13.2 Å². The molecule has 0 amide bonds. The molecule has 0 saturated carbocycles. The Balaban J connectivity index is 2.49. The van der Waals surface area contributed by atoms with Crippen molar-refractivity contribution in [3.63, 3.8) is 0 Å². The van der Waals surface area contributed by atoms with E-state index in [1.54, 1.807) is 16.8 Å². The van der Waals surface area contributed by atoms with Crippen LogP contribution < -0.4 is 5.73 Å². The maximum Gasteiger partial charge on any atom is 0.417 e. The predicted molar refractivity (Wildman–Crippen MR) is 69.0 cm³/mol. The lowest BCUT2D eigenvalue weighted by atomic mass is 10.2. The van der Waals surface area contributed by atoms with Gasteiger partial charge in [-0.15, -0.1) is 0 Å². The minimum absolute atomic E-state index is 0.0178. The van der Waals surface area contributed by atoms with Crippen molar-refractivity contribution in [3.8, 4) is 5.69 Å². The molecule has 0 aliphatic carbocycles. The Labute approximate surface area is 116 Å². The second-order valence-electron chi connectivity index (χ2n) is 3.96. The summed E-state index contributed by atoms with van der Waals surface area (Å²) in [6.07, 6.45) is -0.766. The Hall–Kier alpha value is -1.34. The van der Waals surface area contributed by atoms with E-state index in [0.717, 1.165) is 11.8 Å². The second-order valence-corrected chi connectivity index (χ2v) is 4.81. The second kappa shape index (κ2) is 5.34. The summed E-state index contributed by atoms with van der Waals surface area (Å²) in [6, 6.07) is 4.07. The summed E-state index contributed by atoms with van der Waals surface area (Å²) in [5.41, 5.74) is 5.94. The number of alkyl halides is 3. The highest BCUT2D eigenvalue weighted by atomic mass is 79.9.